The number of hydrogen-bond acceptors (Lipinski definition) is 3. The summed E-state index contributed by atoms with van der Waals surface area (Å²) in [7, 11) is 5.02. The number of nitrogens with two attached hydrogens (primary N) is 1. The zero-order valence-corrected chi connectivity index (χ0v) is 10.9. The summed E-state index contributed by atoms with van der Waals surface area (Å²) in [4.78, 5) is 11.6. The van der Waals surface area contributed by atoms with E-state index in [9.17, 15) is 4.79 Å². The van der Waals surface area contributed by atoms with E-state index in [0.717, 1.165) is 11.2 Å². The molecule has 0 aliphatic heterocycles. The highest BCUT2D eigenvalue weighted by atomic mass is 16.5. The van der Waals surface area contributed by atoms with Crippen LogP contribution in [0.5, 0.6) is 11.5 Å². The third-order valence-electron chi connectivity index (χ3n) is 3.24. The van der Waals surface area contributed by atoms with Crippen LogP contribution in [0.2, 0.25) is 0 Å². The minimum absolute atomic E-state index is 0.468. The molecule has 1 aromatic carbocycles. The molecule has 2 rings (SSSR count). The Balaban J connectivity index is 3.02. The zero-order chi connectivity index (χ0) is 13.4. The quantitative estimate of drug-likeness (QED) is 0.897. The normalized spacial score (nSPS) is 10.7. The Morgan fingerprint density at radius 2 is 1.78 bits per heavy atom. The van der Waals surface area contributed by atoms with Crippen molar-refractivity contribution in [3.05, 3.63) is 23.4 Å². The van der Waals surface area contributed by atoms with E-state index in [0.29, 0.717) is 22.4 Å². The molecule has 1 heterocycles. The molecule has 2 aromatic rings. The number of primary amides is 1. The first-order valence-corrected chi connectivity index (χ1v) is 5.52. The van der Waals surface area contributed by atoms with E-state index < -0.39 is 5.91 Å². The van der Waals surface area contributed by atoms with E-state index in [4.69, 9.17) is 15.2 Å². The number of aromatic nitrogens is 1. The average Bonchev–Trinajstić information content (AvgIpc) is 2.62. The molecule has 0 radical (unpaired) electrons. The van der Waals surface area contributed by atoms with Gasteiger partial charge >= 0.3 is 0 Å². The summed E-state index contributed by atoms with van der Waals surface area (Å²) < 4.78 is 12.5. The topological polar surface area (TPSA) is 66.5 Å². The van der Waals surface area contributed by atoms with Crippen molar-refractivity contribution in [3.8, 4) is 11.5 Å². The molecular formula is C13H16N2O3. The van der Waals surface area contributed by atoms with Crippen molar-refractivity contribution in [1.29, 1.82) is 0 Å². The first kappa shape index (κ1) is 12.3. The Bertz CT molecular complexity index is 629. The van der Waals surface area contributed by atoms with Crippen LogP contribution in [-0.2, 0) is 7.05 Å². The van der Waals surface area contributed by atoms with Crippen LogP contribution in [0.4, 0.5) is 0 Å². The molecule has 0 saturated carbocycles. The van der Waals surface area contributed by atoms with Crippen molar-refractivity contribution in [3.63, 3.8) is 0 Å². The fourth-order valence-corrected chi connectivity index (χ4v) is 2.28. The van der Waals surface area contributed by atoms with Crippen LogP contribution in [-0.4, -0.2) is 24.7 Å². The molecule has 2 N–H and O–H groups in total. The minimum atomic E-state index is -0.468. The second-order valence-corrected chi connectivity index (χ2v) is 4.08. The van der Waals surface area contributed by atoms with Gasteiger partial charge in [-0.25, -0.2) is 0 Å². The monoisotopic (exact) mass is 248 g/mol. The smallest absolute Gasteiger partial charge is 0.251 e. The number of amides is 1. The number of aryl methyl sites for hydroxylation is 1. The highest BCUT2D eigenvalue weighted by molar-refractivity contribution is 6.11. The Morgan fingerprint density at radius 3 is 2.28 bits per heavy atom. The average molecular weight is 248 g/mol. The van der Waals surface area contributed by atoms with E-state index in [1.54, 1.807) is 20.3 Å². The number of carbonyl (C=O) groups excluding carboxylic acids is 1. The van der Waals surface area contributed by atoms with Crippen molar-refractivity contribution in [2.24, 2.45) is 12.8 Å². The van der Waals surface area contributed by atoms with Crippen molar-refractivity contribution < 1.29 is 14.3 Å². The van der Waals surface area contributed by atoms with Crippen LogP contribution in [0.1, 0.15) is 16.1 Å². The number of rotatable bonds is 3. The van der Waals surface area contributed by atoms with Crippen LogP contribution in [0.25, 0.3) is 10.9 Å². The summed E-state index contributed by atoms with van der Waals surface area (Å²) in [5.74, 6) is 0.830. The number of ether oxygens (including phenoxy) is 2. The molecule has 96 valence electrons. The number of benzene rings is 1. The summed E-state index contributed by atoms with van der Waals surface area (Å²) >= 11 is 0. The molecule has 0 fully saturated rings. The van der Waals surface area contributed by atoms with Crippen LogP contribution >= 0.6 is 0 Å². The van der Waals surface area contributed by atoms with Crippen LogP contribution < -0.4 is 15.2 Å². The third kappa shape index (κ3) is 1.51. The fourth-order valence-electron chi connectivity index (χ4n) is 2.28. The first-order chi connectivity index (χ1) is 8.52. The second-order valence-electron chi connectivity index (χ2n) is 4.08. The zero-order valence-electron chi connectivity index (χ0n) is 10.9. The van der Waals surface area contributed by atoms with Gasteiger partial charge in [0.25, 0.3) is 5.91 Å². The number of hydrogen-bond donors (Lipinski definition) is 1. The standard InChI is InChI=1S/C13H16N2O3/c1-7-10(13(14)16)11-8(17-3)5-6-9(18-4)12(11)15(7)2/h5-6H,1-4H3,(H2,14,16). The Morgan fingerprint density at radius 1 is 1.22 bits per heavy atom. The predicted octanol–water partition coefficient (Wildman–Crippen LogP) is 1.60. The summed E-state index contributed by atoms with van der Waals surface area (Å²) in [5, 5.41) is 0.698. The molecule has 0 saturated heterocycles. The lowest BCUT2D eigenvalue weighted by molar-refractivity contribution is 0.100. The van der Waals surface area contributed by atoms with Gasteiger partial charge in [0.05, 0.1) is 30.7 Å². The van der Waals surface area contributed by atoms with Crippen LogP contribution in [0, 0.1) is 6.92 Å². The molecule has 18 heavy (non-hydrogen) atoms. The van der Waals surface area contributed by atoms with Gasteiger partial charge in [0.2, 0.25) is 0 Å². The minimum Gasteiger partial charge on any atom is -0.496 e. The van der Waals surface area contributed by atoms with Gasteiger partial charge in [-0.05, 0) is 19.1 Å². The molecular weight excluding hydrogens is 232 g/mol. The lowest BCUT2D eigenvalue weighted by Crippen LogP contribution is -2.12. The van der Waals surface area contributed by atoms with Gasteiger partial charge in [-0.1, -0.05) is 0 Å². The lowest BCUT2D eigenvalue weighted by atomic mass is 10.1. The molecule has 1 aromatic heterocycles. The van der Waals surface area contributed by atoms with Gasteiger partial charge in [0.1, 0.15) is 11.5 Å². The third-order valence-corrected chi connectivity index (χ3v) is 3.24. The highest BCUT2D eigenvalue weighted by Gasteiger charge is 2.22. The summed E-state index contributed by atoms with van der Waals surface area (Å²) in [6.07, 6.45) is 0. The summed E-state index contributed by atoms with van der Waals surface area (Å²) in [6, 6.07) is 3.58. The van der Waals surface area contributed by atoms with Crippen molar-refractivity contribution in [2.75, 3.05) is 14.2 Å². The van der Waals surface area contributed by atoms with Crippen molar-refractivity contribution in [1.82, 2.24) is 4.57 Å². The van der Waals surface area contributed by atoms with Gasteiger partial charge < -0.3 is 19.8 Å². The van der Waals surface area contributed by atoms with Gasteiger partial charge in [-0.15, -0.1) is 0 Å². The Kier molecular flexibility index (Phi) is 2.90. The van der Waals surface area contributed by atoms with E-state index >= 15 is 0 Å². The molecule has 0 bridgehead atoms. The SMILES string of the molecule is COc1ccc(OC)c2c1c(C(N)=O)c(C)n2C. The van der Waals surface area contributed by atoms with Crippen LogP contribution in [0.15, 0.2) is 12.1 Å². The van der Waals surface area contributed by atoms with Gasteiger partial charge in [0, 0.05) is 12.7 Å². The highest BCUT2D eigenvalue weighted by Crippen LogP contribution is 2.38. The van der Waals surface area contributed by atoms with E-state index in [-0.39, 0.29) is 0 Å². The van der Waals surface area contributed by atoms with Crippen molar-refractivity contribution >= 4 is 16.8 Å². The maximum atomic E-state index is 11.6. The first-order valence-electron chi connectivity index (χ1n) is 5.52. The van der Waals surface area contributed by atoms with E-state index in [1.807, 2.05) is 24.6 Å². The maximum absolute atomic E-state index is 11.6. The maximum Gasteiger partial charge on any atom is 0.251 e. The van der Waals surface area contributed by atoms with E-state index in [2.05, 4.69) is 0 Å². The number of nitrogens with zero attached hydrogens (tertiary/aromatic N) is 1. The number of carbonyl (C=O) groups is 1. The number of methoxy groups -OCH3 is 2. The molecule has 1 amide bonds. The second kappa shape index (κ2) is 4.25. The molecule has 5 nitrogen and oxygen atoms in total. The Hall–Kier alpha value is -2.17. The molecule has 0 unspecified atom stereocenters. The molecule has 5 heteroatoms. The van der Waals surface area contributed by atoms with Crippen molar-refractivity contribution in [2.45, 2.75) is 6.92 Å². The molecule has 0 spiro atoms. The van der Waals surface area contributed by atoms with E-state index in [1.165, 1.54) is 0 Å². The largest absolute Gasteiger partial charge is 0.496 e. The molecule has 0 aliphatic carbocycles. The molecule has 0 atom stereocenters. The summed E-state index contributed by atoms with van der Waals surface area (Å²) in [5.41, 5.74) is 7.54. The summed E-state index contributed by atoms with van der Waals surface area (Å²) in [6.45, 7) is 1.85. The molecule has 0 aliphatic rings. The predicted molar refractivity (Wildman–Crippen MR) is 69.3 cm³/mol. The van der Waals surface area contributed by atoms with Gasteiger partial charge in [-0.3, -0.25) is 4.79 Å². The number of fused-ring (bicyclic) bond motifs is 1. The fraction of sp³-hybridized carbons (Fsp3) is 0.308. The van der Waals surface area contributed by atoms with Gasteiger partial charge in [-0.2, -0.15) is 0 Å². The Labute approximate surface area is 105 Å². The lowest BCUT2D eigenvalue weighted by Gasteiger charge is -2.08. The van der Waals surface area contributed by atoms with Crippen LogP contribution in [0.3, 0.4) is 0 Å². The van der Waals surface area contributed by atoms with Gasteiger partial charge in [0.15, 0.2) is 0 Å².